The number of hydrogen-bond donors (Lipinski definition) is 1. The lowest BCUT2D eigenvalue weighted by Crippen LogP contribution is -2.28. The average Bonchev–Trinajstić information content (AvgIpc) is 2.68. The van der Waals surface area contributed by atoms with Crippen molar-refractivity contribution in [1.29, 1.82) is 0 Å². The Morgan fingerprint density at radius 3 is 1.59 bits per heavy atom. The highest BCUT2D eigenvalue weighted by atomic mass is 79.9. The van der Waals surface area contributed by atoms with Gasteiger partial charge in [0.05, 0.1) is 0 Å². The van der Waals surface area contributed by atoms with Crippen molar-refractivity contribution in [2.45, 2.75) is 128 Å². The van der Waals surface area contributed by atoms with E-state index in [-0.39, 0.29) is 10.5 Å². The SMILES string of the molecule is CCCCCCCCCCCCCCCCC(C)C(C)(Br)Cc1ccccc1.N. The summed E-state index contributed by atoms with van der Waals surface area (Å²) in [5.74, 6) is 0.713. The van der Waals surface area contributed by atoms with E-state index in [1.807, 2.05) is 0 Å². The topological polar surface area (TPSA) is 35.0 Å². The Bertz CT molecular complexity index is 457. The molecule has 1 nitrogen and oxygen atoms in total. The summed E-state index contributed by atoms with van der Waals surface area (Å²) >= 11 is 4.03. The van der Waals surface area contributed by atoms with Gasteiger partial charge in [-0.15, -0.1) is 0 Å². The molecule has 0 spiro atoms. The van der Waals surface area contributed by atoms with Gasteiger partial charge in [0, 0.05) is 4.32 Å². The summed E-state index contributed by atoms with van der Waals surface area (Å²) in [5, 5.41) is 0. The molecule has 0 saturated carbocycles. The molecule has 170 valence electrons. The molecule has 1 aromatic rings. The maximum atomic E-state index is 4.03. The molecule has 29 heavy (non-hydrogen) atoms. The summed E-state index contributed by atoms with van der Waals surface area (Å²) in [4.78, 5) is 0. The van der Waals surface area contributed by atoms with Gasteiger partial charge in [-0.2, -0.15) is 0 Å². The number of hydrogen-bond acceptors (Lipinski definition) is 1. The lowest BCUT2D eigenvalue weighted by molar-refractivity contribution is 0.391. The third kappa shape index (κ3) is 15.2. The predicted molar refractivity (Wildman–Crippen MR) is 137 cm³/mol. The van der Waals surface area contributed by atoms with Gasteiger partial charge in [-0.3, -0.25) is 0 Å². The Morgan fingerprint density at radius 1 is 0.724 bits per heavy atom. The van der Waals surface area contributed by atoms with E-state index in [4.69, 9.17) is 0 Å². The molecule has 2 heteroatoms. The third-order valence-corrected chi connectivity index (χ3v) is 7.47. The van der Waals surface area contributed by atoms with Crippen molar-refractivity contribution in [2.24, 2.45) is 5.92 Å². The predicted octanol–water partition coefficient (Wildman–Crippen LogP) is 10.1. The molecule has 0 saturated heterocycles. The quantitative estimate of drug-likeness (QED) is 0.169. The van der Waals surface area contributed by atoms with E-state index < -0.39 is 0 Å². The molecule has 0 aromatic heterocycles. The van der Waals surface area contributed by atoms with Gasteiger partial charge in [0.1, 0.15) is 0 Å². The van der Waals surface area contributed by atoms with Gasteiger partial charge in [-0.05, 0) is 31.2 Å². The molecule has 1 rings (SSSR count). The minimum Gasteiger partial charge on any atom is -0.344 e. The first-order chi connectivity index (χ1) is 13.6. The van der Waals surface area contributed by atoms with Crippen LogP contribution in [0.5, 0.6) is 0 Å². The largest absolute Gasteiger partial charge is 0.344 e. The van der Waals surface area contributed by atoms with Gasteiger partial charge in [-0.25, -0.2) is 0 Å². The first-order valence-electron chi connectivity index (χ1n) is 12.3. The van der Waals surface area contributed by atoms with E-state index in [0.717, 1.165) is 6.42 Å². The minimum atomic E-state index is 0. The molecule has 0 fully saturated rings. The summed E-state index contributed by atoms with van der Waals surface area (Å²) in [7, 11) is 0. The zero-order valence-electron chi connectivity index (χ0n) is 19.9. The zero-order valence-corrected chi connectivity index (χ0v) is 21.4. The molecule has 0 aliphatic rings. The monoisotopic (exact) mass is 467 g/mol. The number of rotatable bonds is 18. The standard InChI is InChI=1S/C27H47Br.H3N/c1-4-5-6-7-8-9-10-11-12-13-14-15-16-18-21-25(2)27(3,28)24-26-22-19-17-20-23-26;/h17,19-20,22-23,25H,4-16,18,21,24H2,1-3H3;1H3. The van der Waals surface area contributed by atoms with Crippen LogP contribution in [0.2, 0.25) is 0 Å². The van der Waals surface area contributed by atoms with Gasteiger partial charge in [0.2, 0.25) is 0 Å². The Hall–Kier alpha value is -0.340. The number of benzene rings is 1. The molecular weight excluding hydrogens is 418 g/mol. The fraction of sp³-hybridized carbons (Fsp3) is 0.778. The molecule has 0 bridgehead atoms. The second-order valence-corrected chi connectivity index (χ2v) is 11.0. The van der Waals surface area contributed by atoms with Gasteiger partial charge in [0.25, 0.3) is 0 Å². The lowest BCUT2D eigenvalue weighted by Gasteiger charge is -2.30. The Balaban J connectivity index is 0.00000784. The first-order valence-corrected chi connectivity index (χ1v) is 13.1. The normalized spacial score (nSPS) is 14.2. The highest BCUT2D eigenvalue weighted by molar-refractivity contribution is 9.10. The fourth-order valence-corrected chi connectivity index (χ4v) is 4.67. The molecule has 0 heterocycles. The molecule has 0 amide bonds. The van der Waals surface area contributed by atoms with Crippen LogP contribution in [0.3, 0.4) is 0 Å². The first kappa shape index (κ1) is 28.7. The van der Waals surface area contributed by atoms with E-state index in [1.54, 1.807) is 0 Å². The molecular formula is C27H50BrN. The van der Waals surface area contributed by atoms with Crippen LogP contribution >= 0.6 is 15.9 Å². The maximum Gasteiger partial charge on any atom is 0.0295 e. The Kier molecular flexibility index (Phi) is 18.2. The zero-order chi connectivity index (χ0) is 20.5. The molecule has 0 aliphatic carbocycles. The van der Waals surface area contributed by atoms with E-state index in [0.29, 0.717) is 5.92 Å². The summed E-state index contributed by atoms with van der Waals surface area (Å²) in [6, 6.07) is 10.9. The second-order valence-electron chi connectivity index (χ2n) is 9.23. The van der Waals surface area contributed by atoms with Crippen molar-refractivity contribution in [3.8, 4) is 0 Å². The highest BCUT2D eigenvalue weighted by Gasteiger charge is 2.27. The minimum absolute atomic E-state index is 0. The van der Waals surface area contributed by atoms with Crippen LogP contribution in [-0.2, 0) is 6.42 Å². The van der Waals surface area contributed by atoms with Gasteiger partial charge in [-0.1, -0.05) is 150 Å². The molecule has 3 N–H and O–H groups in total. The van der Waals surface area contributed by atoms with Gasteiger partial charge < -0.3 is 6.15 Å². The van der Waals surface area contributed by atoms with E-state index in [1.165, 1.54) is 102 Å². The molecule has 0 radical (unpaired) electrons. The van der Waals surface area contributed by atoms with Crippen LogP contribution in [0, 0.1) is 5.92 Å². The number of halogens is 1. The summed E-state index contributed by atoms with van der Waals surface area (Å²) in [6.07, 6.45) is 22.6. The van der Waals surface area contributed by atoms with Crippen molar-refractivity contribution < 1.29 is 0 Å². The average molecular weight is 469 g/mol. The Morgan fingerprint density at radius 2 is 1.14 bits per heavy atom. The van der Waals surface area contributed by atoms with Crippen LogP contribution in [0.4, 0.5) is 0 Å². The molecule has 2 unspecified atom stereocenters. The van der Waals surface area contributed by atoms with E-state index >= 15 is 0 Å². The number of alkyl halides is 1. The van der Waals surface area contributed by atoms with Crippen molar-refractivity contribution >= 4 is 15.9 Å². The van der Waals surface area contributed by atoms with E-state index in [9.17, 15) is 0 Å². The fourth-order valence-electron chi connectivity index (χ4n) is 4.12. The third-order valence-electron chi connectivity index (χ3n) is 6.41. The van der Waals surface area contributed by atoms with Crippen LogP contribution < -0.4 is 6.15 Å². The van der Waals surface area contributed by atoms with Crippen molar-refractivity contribution in [3.63, 3.8) is 0 Å². The Labute approximate surface area is 191 Å². The lowest BCUT2D eigenvalue weighted by atomic mass is 9.86. The molecule has 1 aromatic carbocycles. The maximum absolute atomic E-state index is 4.03. The number of unbranched alkanes of at least 4 members (excludes halogenated alkanes) is 13. The van der Waals surface area contributed by atoms with E-state index in [2.05, 4.69) is 67.0 Å². The summed E-state index contributed by atoms with van der Waals surface area (Å²) in [6.45, 7) is 7.08. The van der Waals surface area contributed by atoms with Crippen molar-refractivity contribution in [3.05, 3.63) is 35.9 Å². The van der Waals surface area contributed by atoms with Gasteiger partial charge in [0.15, 0.2) is 0 Å². The van der Waals surface area contributed by atoms with Gasteiger partial charge >= 0.3 is 0 Å². The van der Waals surface area contributed by atoms with Crippen molar-refractivity contribution in [1.82, 2.24) is 6.15 Å². The molecule has 2 atom stereocenters. The summed E-state index contributed by atoms with van der Waals surface area (Å²) in [5.41, 5.74) is 1.44. The molecule has 0 aliphatic heterocycles. The van der Waals surface area contributed by atoms with Crippen LogP contribution in [0.1, 0.15) is 123 Å². The van der Waals surface area contributed by atoms with Crippen LogP contribution in [-0.4, -0.2) is 4.32 Å². The summed E-state index contributed by atoms with van der Waals surface area (Å²) < 4.78 is 0.213. The van der Waals surface area contributed by atoms with Crippen LogP contribution in [0.25, 0.3) is 0 Å². The van der Waals surface area contributed by atoms with Crippen LogP contribution in [0.15, 0.2) is 30.3 Å². The van der Waals surface area contributed by atoms with Crippen molar-refractivity contribution in [2.75, 3.05) is 0 Å². The smallest absolute Gasteiger partial charge is 0.0295 e. The highest BCUT2D eigenvalue weighted by Crippen LogP contribution is 2.34. The second kappa shape index (κ2) is 18.4.